The molecule has 2 atom stereocenters. The third kappa shape index (κ3) is 6.08. The van der Waals surface area contributed by atoms with Crippen LogP contribution in [0.25, 0.3) is 0 Å². The zero-order chi connectivity index (χ0) is 14.1. The number of hydrogen-bond acceptors (Lipinski definition) is 3. The molecule has 1 heterocycles. The summed E-state index contributed by atoms with van der Waals surface area (Å²) in [4.78, 5) is 23.3. The van der Waals surface area contributed by atoms with Gasteiger partial charge in [-0.05, 0) is 32.1 Å². The number of likely N-dealkylation sites (tertiary alicyclic amines) is 1. The van der Waals surface area contributed by atoms with E-state index in [1.165, 1.54) is 19.3 Å². The molecule has 4 nitrogen and oxygen atoms in total. The summed E-state index contributed by atoms with van der Waals surface area (Å²) in [5, 5.41) is 0. The summed E-state index contributed by atoms with van der Waals surface area (Å²) in [5.74, 6) is 0.984. The van der Waals surface area contributed by atoms with E-state index >= 15 is 0 Å². The van der Waals surface area contributed by atoms with E-state index in [4.69, 9.17) is 0 Å². The predicted molar refractivity (Wildman–Crippen MR) is 74.7 cm³/mol. The number of rotatable bonds is 8. The Morgan fingerprint density at radius 3 is 2.68 bits per heavy atom. The lowest BCUT2D eigenvalue weighted by atomic mass is 9.87. The first-order valence-electron chi connectivity index (χ1n) is 7.47. The van der Waals surface area contributed by atoms with Crippen molar-refractivity contribution in [2.24, 2.45) is 5.92 Å². The van der Waals surface area contributed by atoms with Gasteiger partial charge in [0.25, 0.3) is 6.47 Å². The van der Waals surface area contributed by atoms with Gasteiger partial charge >= 0.3 is 0 Å². The van der Waals surface area contributed by atoms with Crippen molar-refractivity contribution in [1.29, 1.82) is 0 Å². The van der Waals surface area contributed by atoms with Gasteiger partial charge in [0.1, 0.15) is 0 Å². The second kappa shape index (κ2) is 8.94. The van der Waals surface area contributed by atoms with Crippen LogP contribution in [-0.4, -0.2) is 36.5 Å². The van der Waals surface area contributed by atoms with E-state index in [0.717, 1.165) is 38.1 Å². The SMILES string of the molecule is CC(=O)N1CCC(CCCCCCOC=O)CC1C. The molecule has 1 amide bonds. The van der Waals surface area contributed by atoms with Crippen LogP contribution in [0.1, 0.15) is 58.8 Å². The molecule has 1 aliphatic rings. The quantitative estimate of drug-likeness (QED) is 0.503. The lowest BCUT2D eigenvalue weighted by Crippen LogP contribution is -2.43. The molecule has 110 valence electrons. The molecule has 0 aliphatic carbocycles. The van der Waals surface area contributed by atoms with Gasteiger partial charge in [0.15, 0.2) is 0 Å². The molecule has 0 aromatic heterocycles. The molecule has 0 saturated carbocycles. The minimum Gasteiger partial charge on any atom is -0.468 e. The average Bonchev–Trinajstić information content (AvgIpc) is 2.37. The largest absolute Gasteiger partial charge is 0.468 e. The Labute approximate surface area is 116 Å². The zero-order valence-electron chi connectivity index (χ0n) is 12.3. The van der Waals surface area contributed by atoms with Gasteiger partial charge in [-0.15, -0.1) is 0 Å². The van der Waals surface area contributed by atoms with Crippen LogP contribution in [0.2, 0.25) is 0 Å². The van der Waals surface area contributed by atoms with E-state index in [-0.39, 0.29) is 5.91 Å². The maximum Gasteiger partial charge on any atom is 0.293 e. The van der Waals surface area contributed by atoms with Crippen LogP contribution in [0.5, 0.6) is 0 Å². The standard InChI is InChI=1S/C15H27NO3/c1-13-11-15(8-9-16(13)14(2)18)7-5-3-4-6-10-19-12-17/h12-13,15H,3-11H2,1-2H3. The van der Waals surface area contributed by atoms with Gasteiger partial charge in [0.05, 0.1) is 6.61 Å². The number of carbonyl (C=O) groups excluding carboxylic acids is 2. The van der Waals surface area contributed by atoms with E-state index in [1.54, 1.807) is 6.92 Å². The number of unbranched alkanes of at least 4 members (excludes halogenated alkanes) is 3. The number of ether oxygens (including phenoxy) is 1. The monoisotopic (exact) mass is 269 g/mol. The van der Waals surface area contributed by atoms with Gasteiger partial charge in [0.2, 0.25) is 5.91 Å². The topological polar surface area (TPSA) is 46.6 Å². The maximum absolute atomic E-state index is 11.4. The highest BCUT2D eigenvalue weighted by atomic mass is 16.5. The number of amides is 1. The van der Waals surface area contributed by atoms with Crippen LogP contribution in [-0.2, 0) is 14.3 Å². The van der Waals surface area contributed by atoms with Crippen LogP contribution >= 0.6 is 0 Å². The van der Waals surface area contributed by atoms with Crippen molar-refractivity contribution in [2.75, 3.05) is 13.2 Å². The fraction of sp³-hybridized carbons (Fsp3) is 0.867. The molecule has 0 radical (unpaired) electrons. The smallest absolute Gasteiger partial charge is 0.293 e. The Hall–Kier alpha value is -1.06. The number of nitrogens with zero attached hydrogens (tertiary/aromatic N) is 1. The molecule has 1 aliphatic heterocycles. The van der Waals surface area contributed by atoms with Crippen LogP contribution in [0.3, 0.4) is 0 Å². The van der Waals surface area contributed by atoms with Gasteiger partial charge in [0, 0.05) is 19.5 Å². The summed E-state index contributed by atoms with van der Waals surface area (Å²) in [6.45, 7) is 5.82. The number of piperidine rings is 1. The van der Waals surface area contributed by atoms with Crippen LogP contribution in [0, 0.1) is 5.92 Å². The summed E-state index contributed by atoms with van der Waals surface area (Å²) in [6.07, 6.45) is 8.13. The molecule has 1 rings (SSSR count). The summed E-state index contributed by atoms with van der Waals surface area (Å²) in [5.41, 5.74) is 0. The van der Waals surface area contributed by atoms with Gasteiger partial charge in [-0.3, -0.25) is 9.59 Å². The number of carbonyl (C=O) groups is 2. The second-order valence-corrected chi connectivity index (χ2v) is 5.62. The second-order valence-electron chi connectivity index (χ2n) is 5.62. The van der Waals surface area contributed by atoms with E-state index < -0.39 is 0 Å². The zero-order valence-corrected chi connectivity index (χ0v) is 12.3. The molecule has 0 bridgehead atoms. The Balaban J connectivity index is 2.05. The fourth-order valence-corrected chi connectivity index (χ4v) is 3.02. The average molecular weight is 269 g/mol. The van der Waals surface area contributed by atoms with Crippen molar-refractivity contribution in [1.82, 2.24) is 4.90 Å². The maximum atomic E-state index is 11.4. The van der Waals surface area contributed by atoms with Crippen LogP contribution in [0.4, 0.5) is 0 Å². The molecule has 2 unspecified atom stereocenters. The first-order valence-corrected chi connectivity index (χ1v) is 7.47. The normalized spacial score (nSPS) is 23.2. The van der Waals surface area contributed by atoms with Gasteiger partial charge < -0.3 is 9.64 Å². The highest BCUT2D eigenvalue weighted by Crippen LogP contribution is 2.27. The third-order valence-corrected chi connectivity index (χ3v) is 4.08. The molecule has 1 saturated heterocycles. The van der Waals surface area contributed by atoms with Crippen LogP contribution in [0.15, 0.2) is 0 Å². The lowest BCUT2D eigenvalue weighted by Gasteiger charge is -2.37. The van der Waals surface area contributed by atoms with Crippen molar-refractivity contribution in [3.8, 4) is 0 Å². The first kappa shape index (κ1) is 16.0. The molecular formula is C15H27NO3. The van der Waals surface area contributed by atoms with Crippen molar-refractivity contribution < 1.29 is 14.3 Å². The molecule has 0 aromatic rings. The summed E-state index contributed by atoms with van der Waals surface area (Å²) in [7, 11) is 0. The summed E-state index contributed by atoms with van der Waals surface area (Å²) < 4.78 is 4.66. The fourth-order valence-electron chi connectivity index (χ4n) is 3.02. The van der Waals surface area contributed by atoms with E-state index in [9.17, 15) is 9.59 Å². The molecule has 19 heavy (non-hydrogen) atoms. The van der Waals surface area contributed by atoms with Gasteiger partial charge in [-0.2, -0.15) is 0 Å². The van der Waals surface area contributed by atoms with E-state index in [2.05, 4.69) is 11.7 Å². The van der Waals surface area contributed by atoms with Crippen molar-refractivity contribution in [2.45, 2.75) is 64.8 Å². The van der Waals surface area contributed by atoms with Gasteiger partial charge in [-0.1, -0.05) is 25.7 Å². The highest BCUT2D eigenvalue weighted by Gasteiger charge is 2.26. The molecule has 1 fully saturated rings. The lowest BCUT2D eigenvalue weighted by molar-refractivity contribution is -0.132. The first-order chi connectivity index (χ1) is 9.15. The highest BCUT2D eigenvalue weighted by molar-refractivity contribution is 5.73. The number of hydrogen-bond donors (Lipinski definition) is 0. The van der Waals surface area contributed by atoms with Crippen molar-refractivity contribution in [3.05, 3.63) is 0 Å². The van der Waals surface area contributed by atoms with Crippen molar-refractivity contribution in [3.63, 3.8) is 0 Å². The molecular weight excluding hydrogens is 242 g/mol. The summed E-state index contributed by atoms with van der Waals surface area (Å²) in [6, 6.07) is 0.400. The molecule has 4 heteroatoms. The predicted octanol–water partition coefficient (Wildman–Crippen LogP) is 2.76. The van der Waals surface area contributed by atoms with E-state index in [1.807, 2.05) is 4.90 Å². The third-order valence-electron chi connectivity index (χ3n) is 4.08. The summed E-state index contributed by atoms with van der Waals surface area (Å²) >= 11 is 0. The minimum absolute atomic E-state index is 0.209. The Kier molecular flexibility index (Phi) is 7.53. The Morgan fingerprint density at radius 1 is 1.32 bits per heavy atom. The van der Waals surface area contributed by atoms with Crippen LogP contribution < -0.4 is 0 Å². The van der Waals surface area contributed by atoms with E-state index in [0.29, 0.717) is 19.1 Å². The minimum atomic E-state index is 0.209. The van der Waals surface area contributed by atoms with Crippen molar-refractivity contribution >= 4 is 12.4 Å². The Bertz CT molecular complexity index is 281. The molecule has 0 N–H and O–H groups in total. The van der Waals surface area contributed by atoms with Gasteiger partial charge in [-0.25, -0.2) is 0 Å². The molecule has 0 spiro atoms. The Morgan fingerprint density at radius 2 is 2.05 bits per heavy atom. The molecule has 0 aromatic carbocycles.